The highest BCUT2D eigenvalue weighted by molar-refractivity contribution is 5.96. The van der Waals surface area contributed by atoms with Crippen LogP contribution in [0.3, 0.4) is 0 Å². The van der Waals surface area contributed by atoms with Crippen LogP contribution in [-0.2, 0) is 0 Å². The molecule has 2 N–H and O–H groups in total. The molecule has 1 saturated carbocycles. The molecule has 0 radical (unpaired) electrons. The van der Waals surface area contributed by atoms with Crippen LogP contribution in [0.4, 0.5) is 0 Å². The van der Waals surface area contributed by atoms with E-state index in [0.29, 0.717) is 23.9 Å². The first-order chi connectivity index (χ1) is 9.58. The Kier molecular flexibility index (Phi) is 4.71. The van der Waals surface area contributed by atoms with Crippen molar-refractivity contribution in [3.8, 4) is 0 Å². The summed E-state index contributed by atoms with van der Waals surface area (Å²) in [6.07, 6.45) is 6.22. The Morgan fingerprint density at radius 3 is 2.85 bits per heavy atom. The van der Waals surface area contributed by atoms with Crippen LogP contribution in [0, 0.1) is 11.8 Å². The summed E-state index contributed by atoms with van der Waals surface area (Å²) < 4.78 is 0. The molecule has 0 bridgehead atoms. The summed E-state index contributed by atoms with van der Waals surface area (Å²) in [5, 5.41) is 11.8. The van der Waals surface area contributed by atoms with Crippen molar-refractivity contribution in [2.45, 2.75) is 32.6 Å². The van der Waals surface area contributed by atoms with Gasteiger partial charge in [0.2, 0.25) is 0 Å². The zero-order valence-electron chi connectivity index (χ0n) is 11.6. The minimum atomic E-state index is -1.12. The SMILES string of the molecule is CC1CCCCC1CNC(=O)c1ccnc(C(=O)O)c1. The van der Waals surface area contributed by atoms with Gasteiger partial charge in [-0.05, 0) is 30.4 Å². The maximum absolute atomic E-state index is 12.0. The maximum Gasteiger partial charge on any atom is 0.354 e. The van der Waals surface area contributed by atoms with Crippen molar-refractivity contribution in [3.63, 3.8) is 0 Å². The van der Waals surface area contributed by atoms with Gasteiger partial charge in [0.05, 0.1) is 0 Å². The van der Waals surface area contributed by atoms with E-state index >= 15 is 0 Å². The van der Waals surface area contributed by atoms with Crippen LogP contribution in [0.25, 0.3) is 0 Å². The lowest BCUT2D eigenvalue weighted by atomic mass is 9.80. The van der Waals surface area contributed by atoms with E-state index in [1.54, 1.807) is 0 Å². The third-order valence-corrected chi connectivity index (χ3v) is 4.06. The molecule has 5 heteroatoms. The van der Waals surface area contributed by atoms with Gasteiger partial charge in [-0.1, -0.05) is 26.2 Å². The van der Waals surface area contributed by atoms with Crippen molar-refractivity contribution in [3.05, 3.63) is 29.6 Å². The number of rotatable bonds is 4. The number of aromatic carboxylic acids is 1. The highest BCUT2D eigenvalue weighted by Crippen LogP contribution is 2.28. The van der Waals surface area contributed by atoms with Gasteiger partial charge in [-0.25, -0.2) is 9.78 Å². The van der Waals surface area contributed by atoms with Crippen LogP contribution in [0.1, 0.15) is 53.5 Å². The normalized spacial score (nSPS) is 22.2. The molecule has 1 aromatic heterocycles. The molecule has 20 heavy (non-hydrogen) atoms. The molecule has 0 aromatic carbocycles. The van der Waals surface area contributed by atoms with Crippen LogP contribution in [0.2, 0.25) is 0 Å². The van der Waals surface area contributed by atoms with Crippen molar-refractivity contribution in [1.29, 1.82) is 0 Å². The van der Waals surface area contributed by atoms with Crippen molar-refractivity contribution in [2.24, 2.45) is 11.8 Å². The molecule has 1 heterocycles. The quantitative estimate of drug-likeness (QED) is 0.884. The number of pyridine rings is 1. The molecule has 5 nitrogen and oxygen atoms in total. The van der Waals surface area contributed by atoms with Crippen LogP contribution >= 0.6 is 0 Å². The fourth-order valence-corrected chi connectivity index (χ4v) is 2.71. The summed E-state index contributed by atoms with van der Waals surface area (Å²) in [7, 11) is 0. The van der Waals surface area contributed by atoms with Crippen LogP contribution in [0.15, 0.2) is 18.3 Å². The van der Waals surface area contributed by atoms with E-state index in [1.165, 1.54) is 37.6 Å². The number of nitrogens with one attached hydrogen (secondary N) is 1. The number of carbonyl (C=O) groups is 2. The Labute approximate surface area is 118 Å². The topological polar surface area (TPSA) is 79.3 Å². The second-order valence-electron chi connectivity index (χ2n) is 5.47. The minimum Gasteiger partial charge on any atom is -0.477 e. The number of hydrogen-bond donors (Lipinski definition) is 2. The van der Waals surface area contributed by atoms with Gasteiger partial charge in [0, 0.05) is 18.3 Å². The summed E-state index contributed by atoms with van der Waals surface area (Å²) in [6.45, 7) is 2.88. The number of carbonyl (C=O) groups excluding carboxylic acids is 1. The number of aromatic nitrogens is 1. The fraction of sp³-hybridized carbons (Fsp3) is 0.533. The highest BCUT2D eigenvalue weighted by Gasteiger charge is 2.22. The van der Waals surface area contributed by atoms with E-state index in [1.807, 2.05) is 0 Å². The first-order valence-corrected chi connectivity index (χ1v) is 7.05. The zero-order chi connectivity index (χ0) is 14.5. The van der Waals surface area contributed by atoms with Crippen LogP contribution in [0.5, 0.6) is 0 Å². The molecule has 1 aliphatic rings. The van der Waals surface area contributed by atoms with E-state index in [0.717, 1.165) is 6.42 Å². The Hall–Kier alpha value is -1.91. The smallest absolute Gasteiger partial charge is 0.354 e. The number of carboxylic acids is 1. The molecule has 2 rings (SSSR count). The monoisotopic (exact) mass is 276 g/mol. The van der Waals surface area contributed by atoms with E-state index < -0.39 is 5.97 Å². The first-order valence-electron chi connectivity index (χ1n) is 7.05. The van der Waals surface area contributed by atoms with Gasteiger partial charge in [0.25, 0.3) is 5.91 Å². The summed E-state index contributed by atoms with van der Waals surface area (Å²) in [4.78, 5) is 26.6. The number of nitrogens with zero attached hydrogens (tertiary/aromatic N) is 1. The second-order valence-corrected chi connectivity index (χ2v) is 5.47. The molecule has 1 fully saturated rings. The summed E-state index contributed by atoms with van der Waals surface area (Å²) in [5.41, 5.74) is 0.240. The predicted molar refractivity (Wildman–Crippen MR) is 74.7 cm³/mol. The molecular formula is C15H20N2O3. The van der Waals surface area contributed by atoms with E-state index in [4.69, 9.17) is 5.11 Å². The molecule has 0 aliphatic heterocycles. The average molecular weight is 276 g/mol. The lowest BCUT2D eigenvalue weighted by Gasteiger charge is -2.28. The van der Waals surface area contributed by atoms with Gasteiger partial charge in [-0.3, -0.25) is 4.79 Å². The molecular weight excluding hydrogens is 256 g/mol. The van der Waals surface area contributed by atoms with Crippen molar-refractivity contribution < 1.29 is 14.7 Å². The molecule has 0 saturated heterocycles. The molecule has 2 unspecified atom stereocenters. The zero-order valence-corrected chi connectivity index (χ0v) is 11.6. The van der Waals surface area contributed by atoms with Gasteiger partial charge in [0.1, 0.15) is 5.69 Å². The molecule has 0 spiro atoms. The van der Waals surface area contributed by atoms with Crippen LogP contribution < -0.4 is 5.32 Å². The lowest BCUT2D eigenvalue weighted by molar-refractivity contribution is 0.0690. The predicted octanol–water partition coefficient (Wildman–Crippen LogP) is 2.34. The van der Waals surface area contributed by atoms with Gasteiger partial charge in [-0.2, -0.15) is 0 Å². The Morgan fingerprint density at radius 2 is 2.15 bits per heavy atom. The first kappa shape index (κ1) is 14.5. The fourth-order valence-electron chi connectivity index (χ4n) is 2.71. The molecule has 1 aromatic rings. The summed E-state index contributed by atoms with van der Waals surface area (Å²) in [6, 6.07) is 2.84. The molecule has 2 atom stereocenters. The Balaban J connectivity index is 1.94. The van der Waals surface area contributed by atoms with Crippen molar-refractivity contribution >= 4 is 11.9 Å². The summed E-state index contributed by atoms with van der Waals surface area (Å²) >= 11 is 0. The lowest BCUT2D eigenvalue weighted by Crippen LogP contribution is -2.33. The third kappa shape index (κ3) is 3.56. The largest absolute Gasteiger partial charge is 0.477 e. The van der Waals surface area contributed by atoms with Gasteiger partial charge in [0.15, 0.2) is 0 Å². The highest BCUT2D eigenvalue weighted by atomic mass is 16.4. The average Bonchev–Trinajstić information content (AvgIpc) is 2.46. The second kappa shape index (κ2) is 6.50. The number of amides is 1. The standard InChI is InChI=1S/C15H20N2O3/c1-10-4-2-3-5-12(10)9-17-14(18)11-6-7-16-13(8-11)15(19)20/h6-8,10,12H,2-5,9H2,1H3,(H,17,18)(H,19,20). The van der Waals surface area contributed by atoms with Crippen molar-refractivity contribution in [1.82, 2.24) is 10.3 Å². The molecule has 1 amide bonds. The third-order valence-electron chi connectivity index (χ3n) is 4.06. The summed E-state index contributed by atoms with van der Waals surface area (Å²) in [5.74, 6) is -0.197. The number of hydrogen-bond acceptors (Lipinski definition) is 3. The molecule has 1 aliphatic carbocycles. The maximum atomic E-state index is 12.0. The molecule has 108 valence electrons. The Morgan fingerprint density at radius 1 is 1.40 bits per heavy atom. The Bertz CT molecular complexity index is 502. The van der Waals surface area contributed by atoms with E-state index in [-0.39, 0.29) is 11.6 Å². The van der Waals surface area contributed by atoms with E-state index in [2.05, 4.69) is 17.2 Å². The van der Waals surface area contributed by atoms with Gasteiger partial charge in [-0.15, -0.1) is 0 Å². The minimum absolute atomic E-state index is 0.108. The van der Waals surface area contributed by atoms with Gasteiger partial charge < -0.3 is 10.4 Å². The van der Waals surface area contributed by atoms with Crippen molar-refractivity contribution in [2.75, 3.05) is 6.54 Å². The number of carboxylic acid groups (broad SMARTS) is 1. The van der Waals surface area contributed by atoms with Gasteiger partial charge >= 0.3 is 5.97 Å². The van der Waals surface area contributed by atoms with E-state index in [9.17, 15) is 9.59 Å². The van der Waals surface area contributed by atoms with Crippen LogP contribution in [-0.4, -0.2) is 28.5 Å².